The van der Waals surface area contributed by atoms with E-state index in [1.54, 1.807) is 0 Å². The summed E-state index contributed by atoms with van der Waals surface area (Å²) in [5.74, 6) is 0. The Labute approximate surface area is 99.1 Å². The van der Waals surface area contributed by atoms with Gasteiger partial charge in [-0.25, -0.2) is 0 Å². The van der Waals surface area contributed by atoms with Gasteiger partial charge in [0.05, 0.1) is 0 Å². The smallest absolute Gasteiger partial charge is 1.00 e. The molecule has 0 N–H and O–H groups in total. The predicted octanol–water partition coefficient (Wildman–Crippen LogP) is -0.166. The van der Waals surface area contributed by atoms with E-state index in [1.165, 1.54) is 0 Å². The third-order valence-corrected chi connectivity index (χ3v) is 0. The Hall–Kier alpha value is 3.12. The first-order chi connectivity index (χ1) is 0. The van der Waals surface area contributed by atoms with Crippen molar-refractivity contribution >= 4 is 23.1 Å². The average Bonchev–Trinajstić information content (AvgIpc) is 0. The Morgan fingerprint density at radius 2 is 1.20 bits per heavy atom. The van der Waals surface area contributed by atoms with Crippen LogP contribution in [0.25, 0.3) is 0 Å². The molecule has 0 fully saturated rings. The van der Waals surface area contributed by atoms with Crippen molar-refractivity contribution in [2.24, 2.45) is 0 Å². The molecule has 0 saturated heterocycles. The van der Waals surface area contributed by atoms with Crippen LogP contribution < -0.4 is 0 Å². The van der Waals surface area contributed by atoms with Gasteiger partial charge >= 0.3 is 23.1 Å². The number of rotatable bonds is 0. The summed E-state index contributed by atoms with van der Waals surface area (Å²) in [7, 11) is 0. The summed E-state index contributed by atoms with van der Waals surface area (Å²) in [6.07, 6.45) is 0. The SMILES string of the molecule is [Cu].[Fe].[H-].[H-].[Mg+2].[Mo].[Zn]. The topological polar surface area (TPSA) is 0 Å². The van der Waals surface area contributed by atoms with Crippen LogP contribution in [0.5, 0.6) is 0 Å². The van der Waals surface area contributed by atoms with Crippen molar-refractivity contribution in [3.05, 3.63) is 0 Å². The first-order valence-corrected chi connectivity index (χ1v) is 0. The maximum Gasteiger partial charge on any atom is 2.00 e. The van der Waals surface area contributed by atoms with E-state index in [2.05, 4.69) is 0 Å². The van der Waals surface area contributed by atoms with Crippen molar-refractivity contribution in [1.82, 2.24) is 0 Å². The summed E-state index contributed by atoms with van der Waals surface area (Å²) in [5, 5.41) is 0. The van der Waals surface area contributed by atoms with Crippen LogP contribution in [0.2, 0.25) is 0 Å². The van der Waals surface area contributed by atoms with Crippen LogP contribution >= 0.6 is 0 Å². The normalized spacial score (nSPS) is 0. The van der Waals surface area contributed by atoms with Crippen molar-refractivity contribution in [2.45, 2.75) is 0 Å². The maximum atomic E-state index is 0. The van der Waals surface area contributed by atoms with Gasteiger partial charge in [0.1, 0.15) is 0 Å². The first kappa shape index (κ1) is 42.3. The van der Waals surface area contributed by atoms with E-state index in [9.17, 15) is 0 Å². The minimum atomic E-state index is 0. The Morgan fingerprint density at radius 1 is 1.20 bits per heavy atom. The van der Waals surface area contributed by atoms with Gasteiger partial charge in [-0.2, -0.15) is 0 Å². The summed E-state index contributed by atoms with van der Waals surface area (Å²) < 4.78 is 0. The standard InChI is InChI=1S/Cu.Fe.Mg.Mo.Zn.2H/q;;+2;;;2*-1. The molecule has 0 heterocycles. The zero-order valence-electron chi connectivity index (χ0n) is 4.48. The second-order valence-corrected chi connectivity index (χ2v) is 0. The van der Waals surface area contributed by atoms with Gasteiger partial charge in [0, 0.05) is 74.7 Å². The summed E-state index contributed by atoms with van der Waals surface area (Å²) in [4.78, 5) is 0. The molecule has 31 valence electrons. The molecule has 1 radical (unpaired) electrons. The molecule has 0 aromatic rings. The summed E-state index contributed by atoms with van der Waals surface area (Å²) in [6.45, 7) is 0. The molecule has 0 rings (SSSR count). The van der Waals surface area contributed by atoms with Gasteiger partial charge in [-0.3, -0.25) is 0 Å². The van der Waals surface area contributed by atoms with Gasteiger partial charge in [0.2, 0.25) is 0 Å². The number of hydrogen-bond acceptors (Lipinski definition) is 0. The Morgan fingerprint density at radius 3 is 1.20 bits per heavy atom. The molecular weight excluding hydrogens is 305 g/mol. The largest absolute Gasteiger partial charge is 2.00 e. The van der Waals surface area contributed by atoms with Crippen molar-refractivity contribution in [2.75, 3.05) is 0 Å². The van der Waals surface area contributed by atoms with Crippen LogP contribution in [0, 0.1) is 0 Å². The fourth-order valence-electron chi connectivity index (χ4n) is 0. The van der Waals surface area contributed by atoms with E-state index in [0.717, 1.165) is 0 Å². The van der Waals surface area contributed by atoms with Crippen LogP contribution in [0.4, 0.5) is 0 Å². The van der Waals surface area contributed by atoms with E-state index in [0.29, 0.717) is 0 Å². The van der Waals surface area contributed by atoms with Crippen molar-refractivity contribution in [3.63, 3.8) is 0 Å². The summed E-state index contributed by atoms with van der Waals surface area (Å²) in [5.41, 5.74) is 0. The molecule has 5 heteroatoms. The molecule has 0 amide bonds. The molecule has 0 saturated carbocycles. The predicted molar refractivity (Wildman–Crippen MR) is 7.98 cm³/mol. The van der Waals surface area contributed by atoms with Crippen LogP contribution in [0.1, 0.15) is 2.85 Å². The molecule has 0 nitrogen and oxygen atoms in total. The van der Waals surface area contributed by atoms with Gasteiger partial charge in [0.15, 0.2) is 0 Å². The second-order valence-electron chi connectivity index (χ2n) is 0. The second kappa shape index (κ2) is 27.4. The van der Waals surface area contributed by atoms with Gasteiger partial charge in [-0.1, -0.05) is 0 Å². The fourth-order valence-corrected chi connectivity index (χ4v) is 0. The maximum absolute atomic E-state index is 0. The van der Waals surface area contributed by atoms with Gasteiger partial charge in [0.25, 0.3) is 0 Å². The third kappa shape index (κ3) is 19.2. The van der Waals surface area contributed by atoms with Gasteiger partial charge < -0.3 is 2.85 Å². The zero-order chi connectivity index (χ0) is 0. The van der Waals surface area contributed by atoms with E-state index in [4.69, 9.17) is 0 Å². The molecule has 0 atom stereocenters. The molecule has 0 aliphatic heterocycles. The van der Waals surface area contributed by atoms with Crippen LogP contribution in [0.3, 0.4) is 0 Å². The molecular formula is H2CuFeMgMoZn. The minimum Gasteiger partial charge on any atom is -1.00 e. The van der Waals surface area contributed by atoms with Gasteiger partial charge in [-0.05, 0) is 0 Å². The first-order valence-electron chi connectivity index (χ1n) is 0. The number of hydrogen-bond donors (Lipinski definition) is 0. The van der Waals surface area contributed by atoms with Crippen molar-refractivity contribution in [1.29, 1.82) is 0 Å². The molecule has 0 bridgehead atoms. The molecule has 0 aromatic carbocycles. The Kier molecular flexibility index (Phi) is 232. The molecule has 0 aromatic heterocycles. The zero-order valence-corrected chi connectivity index (χ0v) is 10.9. The summed E-state index contributed by atoms with van der Waals surface area (Å²) >= 11 is 0. The molecule has 0 aliphatic rings. The van der Waals surface area contributed by atoms with Crippen molar-refractivity contribution in [3.8, 4) is 0 Å². The Bertz CT molecular complexity index is 17.7. The molecule has 0 spiro atoms. The molecule has 5 heavy (non-hydrogen) atoms. The summed E-state index contributed by atoms with van der Waals surface area (Å²) in [6, 6.07) is 0. The van der Waals surface area contributed by atoms with Crippen LogP contribution in [0.15, 0.2) is 0 Å². The molecule has 0 unspecified atom stereocenters. The van der Waals surface area contributed by atoms with Crippen LogP contribution in [-0.4, -0.2) is 23.1 Å². The van der Waals surface area contributed by atoms with E-state index in [1.807, 2.05) is 0 Å². The monoisotopic (exact) mass is 307 g/mol. The van der Waals surface area contributed by atoms with Crippen LogP contribution in [-0.2, 0) is 74.7 Å². The quantitative estimate of drug-likeness (QED) is 0.546. The molecule has 0 aliphatic carbocycles. The fraction of sp³-hybridized carbons (Fsp3) is 0. The third-order valence-electron chi connectivity index (χ3n) is 0. The van der Waals surface area contributed by atoms with E-state index >= 15 is 0 Å². The van der Waals surface area contributed by atoms with Gasteiger partial charge in [-0.15, -0.1) is 0 Å². The van der Waals surface area contributed by atoms with E-state index < -0.39 is 0 Å². The average molecular weight is 307 g/mol. The van der Waals surface area contributed by atoms with Crippen molar-refractivity contribution < 1.29 is 77.5 Å². The van der Waals surface area contributed by atoms with E-state index in [-0.39, 0.29) is 101 Å². The Balaban J connectivity index is 0. The minimum absolute atomic E-state index is 0.